The van der Waals surface area contributed by atoms with Crippen LogP contribution in [0.4, 0.5) is 0 Å². The third kappa shape index (κ3) is 52.5. The van der Waals surface area contributed by atoms with E-state index in [9.17, 15) is 0 Å². The monoisotopic (exact) mass is 982 g/mol. The Morgan fingerprint density at radius 1 is 0.254 bits per heavy atom. The van der Waals surface area contributed by atoms with Crippen molar-refractivity contribution >= 4 is 21.4 Å². The van der Waals surface area contributed by atoms with Crippen LogP contribution in [0.25, 0.3) is 0 Å². The summed E-state index contributed by atoms with van der Waals surface area (Å²) in [5, 5.41) is 0. The Morgan fingerprint density at radius 2 is 0.478 bits per heavy atom. The van der Waals surface area contributed by atoms with Crippen LogP contribution in [0.1, 0.15) is 342 Å². The Bertz CT molecular complexity index is 823. The van der Waals surface area contributed by atoms with E-state index in [-0.39, 0.29) is 0 Å². The van der Waals surface area contributed by atoms with E-state index in [1.165, 1.54) is 308 Å². The second kappa shape index (κ2) is 59.0. The fraction of sp³-hybridized carbons (Fsp3) is 1.00. The van der Waals surface area contributed by atoms with E-state index in [0.29, 0.717) is 0 Å². The molecule has 0 N–H and O–H groups in total. The Kier molecular flexibility index (Phi) is 59.3. The van der Waals surface area contributed by atoms with Gasteiger partial charge in [-0.15, -0.1) is 0 Å². The maximum atomic E-state index is 7.00. The average Bonchev–Trinajstić information content (AvgIpc) is 3.34. The van der Waals surface area contributed by atoms with Gasteiger partial charge in [-0.2, -0.15) is 12.6 Å². The van der Waals surface area contributed by atoms with Crippen molar-refractivity contribution in [3.63, 3.8) is 0 Å². The molecule has 0 radical (unpaired) electrons. The second-order valence-corrected chi connectivity index (χ2v) is 24.6. The van der Waals surface area contributed by atoms with Gasteiger partial charge >= 0.3 is 8.80 Å². The molecule has 0 rings (SSSR count). The molecule has 0 spiro atoms. The van der Waals surface area contributed by atoms with Gasteiger partial charge in [0.2, 0.25) is 0 Å². The molecule has 0 saturated carbocycles. The fourth-order valence-electron chi connectivity index (χ4n) is 10.00. The van der Waals surface area contributed by atoms with Crippen LogP contribution in [-0.2, 0) is 13.3 Å². The molecule has 0 aromatic heterocycles. The molecule has 4 nitrogen and oxygen atoms in total. The van der Waals surface area contributed by atoms with Crippen molar-refractivity contribution in [1.82, 2.24) is 4.90 Å². The summed E-state index contributed by atoms with van der Waals surface area (Å²) in [6, 6.07) is 0.907. The average molecular weight is 983 g/mol. The summed E-state index contributed by atoms with van der Waals surface area (Å²) in [5.41, 5.74) is 0. The molecule has 0 fully saturated rings. The first-order valence-electron chi connectivity index (χ1n) is 31.4. The first-order chi connectivity index (χ1) is 33.2. The molecule has 0 atom stereocenters. The zero-order chi connectivity index (χ0) is 48.5. The summed E-state index contributed by atoms with van der Waals surface area (Å²) in [6.07, 6.45) is 67.7. The van der Waals surface area contributed by atoms with E-state index < -0.39 is 8.80 Å². The van der Waals surface area contributed by atoms with E-state index in [1.807, 2.05) is 0 Å². The minimum absolute atomic E-state index is 0.741. The highest BCUT2D eigenvalue weighted by atomic mass is 32.1. The van der Waals surface area contributed by atoms with Gasteiger partial charge in [0.1, 0.15) is 0 Å². The highest BCUT2D eigenvalue weighted by molar-refractivity contribution is 7.80. The molecule has 0 amide bonds. The highest BCUT2D eigenvalue weighted by Gasteiger charge is 2.40. The topological polar surface area (TPSA) is 30.9 Å². The number of thiol groups is 1. The van der Waals surface area contributed by atoms with Crippen molar-refractivity contribution in [3.8, 4) is 0 Å². The molecule has 0 saturated heterocycles. The largest absolute Gasteiger partial charge is 0.501 e. The molecule has 0 bridgehead atoms. The van der Waals surface area contributed by atoms with Crippen LogP contribution in [0.5, 0.6) is 0 Å². The van der Waals surface area contributed by atoms with Crippen LogP contribution in [0.15, 0.2) is 0 Å². The van der Waals surface area contributed by atoms with Gasteiger partial charge in [0.25, 0.3) is 0 Å². The first-order valence-corrected chi connectivity index (χ1v) is 34.0. The summed E-state index contributed by atoms with van der Waals surface area (Å²) < 4.78 is 20.8. The van der Waals surface area contributed by atoms with Gasteiger partial charge < -0.3 is 18.2 Å². The first kappa shape index (κ1) is 67.4. The Labute approximate surface area is 431 Å². The van der Waals surface area contributed by atoms with Gasteiger partial charge in [-0.25, -0.2) is 0 Å². The van der Waals surface area contributed by atoms with Crippen LogP contribution in [0, 0.1) is 0 Å². The third-order valence-electron chi connectivity index (χ3n) is 14.7. The van der Waals surface area contributed by atoms with E-state index in [0.717, 1.165) is 57.4 Å². The zero-order valence-corrected chi connectivity index (χ0v) is 48.8. The molecule has 0 aromatic rings. The molecule has 0 unspecified atom stereocenters. The van der Waals surface area contributed by atoms with Crippen molar-refractivity contribution in [1.29, 1.82) is 0 Å². The van der Waals surface area contributed by atoms with Crippen molar-refractivity contribution < 1.29 is 13.3 Å². The number of unbranched alkanes of at least 4 members (excludes halogenated alkanes) is 44. The van der Waals surface area contributed by atoms with Gasteiger partial charge in [-0.3, -0.25) is 0 Å². The predicted molar refractivity (Wildman–Crippen MR) is 308 cm³/mol. The summed E-state index contributed by atoms with van der Waals surface area (Å²) in [4.78, 5) is 2.73. The van der Waals surface area contributed by atoms with Crippen LogP contribution < -0.4 is 0 Å². The molecule has 6 heteroatoms. The summed E-state index contributed by atoms with van der Waals surface area (Å²) >= 11 is 4.68. The molecule has 0 heterocycles. The standard InChI is InChI=1S/C61H127NO3SSi/c1-5-9-13-17-21-25-27-29-31-33-35-37-39-43-47-51-57-63-67(61-53-60-66,64-58-52-48-44-40-38-36-34-32-30-28-26-22-18-14-10-6-2)65-59-56-62(54-49-45-41-23-19-15-11-7-3)55-50-46-42-24-20-16-12-8-4/h66H,5-61H2,1-4H3. The Morgan fingerprint density at radius 3 is 0.731 bits per heavy atom. The maximum absolute atomic E-state index is 7.00. The predicted octanol–water partition coefficient (Wildman–Crippen LogP) is 21.4. The summed E-state index contributed by atoms with van der Waals surface area (Å²) in [7, 11) is -2.80. The van der Waals surface area contributed by atoms with Crippen LogP contribution in [0.2, 0.25) is 6.04 Å². The van der Waals surface area contributed by atoms with E-state index in [2.05, 4.69) is 45.2 Å². The lowest BCUT2D eigenvalue weighted by Gasteiger charge is -2.31. The van der Waals surface area contributed by atoms with Gasteiger partial charge in [-0.05, 0) is 50.9 Å². The number of nitrogens with zero attached hydrogens (tertiary/aromatic N) is 1. The van der Waals surface area contributed by atoms with Crippen LogP contribution >= 0.6 is 12.6 Å². The normalized spacial score (nSPS) is 12.1. The quantitative estimate of drug-likeness (QED) is 0.0374. The van der Waals surface area contributed by atoms with E-state index >= 15 is 0 Å². The molecule has 404 valence electrons. The third-order valence-corrected chi connectivity index (χ3v) is 17.9. The highest BCUT2D eigenvalue weighted by Crippen LogP contribution is 2.23. The van der Waals surface area contributed by atoms with Gasteiger partial charge in [-0.1, -0.05) is 310 Å². The number of rotatable bonds is 61. The molecule has 67 heavy (non-hydrogen) atoms. The zero-order valence-electron chi connectivity index (χ0n) is 46.9. The van der Waals surface area contributed by atoms with E-state index in [1.54, 1.807) is 0 Å². The second-order valence-electron chi connectivity index (χ2n) is 21.5. The minimum Gasteiger partial charge on any atom is -0.373 e. The fourth-order valence-corrected chi connectivity index (χ4v) is 13.1. The van der Waals surface area contributed by atoms with Gasteiger partial charge in [0.15, 0.2) is 0 Å². The number of hydrogen-bond acceptors (Lipinski definition) is 5. The lowest BCUT2D eigenvalue weighted by molar-refractivity contribution is 0.0485. The summed E-state index contributed by atoms with van der Waals surface area (Å²) in [5.74, 6) is 0.867. The molecule has 0 aliphatic carbocycles. The summed E-state index contributed by atoms with van der Waals surface area (Å²) in [6.45, 7) is 15.0. The van der Waals surface area contributed by atoms with Crippen LogP contribution in [-0.4, -0.2) is 58.9 Å². The molecule has 0 aromatic carbocycles. The van der Waals surface area contributed by atoms with Crippen molar-refractivity contribution in [2.24, 2.45) is 0 Å². The van der Waals surface area contributed by atoms with E-state index in [4.69, 9.17) is 13.3 Å². The van der Waals surface area contributed by atoms with Crippen LogP contribution in [0.3, 0.4) is 0 Å². The molecular formula is C61H127NO3SSi. The lowest BCUT2D eigenvalue weighted by Crippen LogP contribution is -2.48. The molecule has 0 aliphatic rings. The minimum atomic E-state index is -2.80. The SMILES string of the molecule is CCCCCCCCCCCCCCCCCCO[Si](CCCS)(OCCCCCCCCCCCCCCCCCC)OCCN(CCCCCCCCCC)CCCCCCCCCC. The Hall–Kier alpha value is 0.407. The molecular weight excluding hydrogens is 855 g/mol. The van der Waals surface area contributed by atoms with Crippen molar-refractivity contribution in [2.75, 3.05) is 45.2 Å². The van der Waals surface area contributed by atoms with Gasteiger partial charge in [0, 0.05) is 25.8 Å². The smallest absolute Gasteiger partial charge is 0.373 e. The Balaban J connectivity index is 5.00. The van der Waals surface area contributed by atoms with Gasteiger partial charge in [0.05, 0.1) is 6.61 Å². The van der Waals surface area contributed by atoms with Crippen molar-refractivity contribution in [3.05, 3.63) is 0 Å². The molecule has 0 aliphatic heterocycles. The maximum Gasteiger partial charge on any atom is 0.501 e. The lowest BCUT2D eigenvalue weighted by atomic mass is 10.0. The van der Waals surface area contributed by atoms with Crippen molar-refractivity contribution in [2.45, 2.75) is 348 Å². The number of hydrogen-bond donors (Lipinski definition) is 1.